The second kappa shape index (κ2) is 5.78. The molecule has 106 valence electrons. The molecule has 0 saturated heterocycles. The highest BCUT2D eigenvalue weighted by Gasteiger charge is 2.30. The average molecular weight is 302 g/mol. The minimum absolute atomic E-state index is 0.385. The van der Waals surface area contributed by atoms with Crippen molar-refractivity contribution in [1.82, 2.24) is 10.4 Å². The quantitative estimate of drug-likeness (QED) is 0.675. The van der Waals surface area contributed by atoms with E-state index < -0.39 is 17.8 Å². The van der Waals surface area contributed by atoms with Crippen LogP contribution in [-0.4, -0.2) is 4.98 Å². The third kappa shape index (κ3) is 3.09. The summed E-state index contributed by atoms with van der Waals surface area (Å²) in [6.45, 7) is 0. The van der Waals surface area contributed by atoms with Crippen LogP contribution >= 0.6 is 11.6 Å². The van der Waals surface area contributed by atoms with E-state index in [9.17, 15) is 13.2 Å². The number of alkyl halides is 3. The van der Waals surface area contributed by atoms with Gasteiger partial charge < -0.3 is 0 Å². The molecule has 1 aromatic heterocycles. The highest BCUT2D eigenvalue weighted by Crippen LogP contribution is 2.32. The van der Waals surface area contributed by atoms with Crippen LogP contribution in [-0.2, 0) is 6.18 Å². The molecule has 1 atom stereocenters. The Kier molecular flexibility index (Phi) is 4.27. The zero-order valence-electron chi connectivity index (χ0n) is 10.2. The van der Waals surface area contributed by atoms with Crippen molar-refractivity contribution in [2.75, 3.05) is 0 Å². The number of benzene rings is 1. The van der Waals surface area contributed by atoms with Crippen molar-refractivity contribution in [2.24, 2.45) is 5.84 Å². The van der Waals surface area contributed by atoms with Gasteiger partial charge in [-0.15, -0.1) is 0 Å². The van der Waals surface area contributed by atoms with Crippen LogP contribution in [0.5, 0.6) is 0 Å². The van der Waals surface area contributed by atoms with E-state index in [2.05, 4.69) is 10.4 Å². The lowest BCUT2D eigenvalue weighted by Crippen LogP contribution is -2.29. The van der Waals surface area contributed by atoms with E-state index in [4.69, 9.17) is 17.4 Å². The Morgan fingerprint density at radius 3 is 2.30 bits per heavy atom. The van der Waals surface area contributed by atoms with Gasteiger partial charge in [-0.2, -0.15) is 13.2 Å². The number of nitrogens with zero attached hydrogens (tertiary/aromatic N) is 1. The normalized spacial score (nSPS) is 13.2. The number of aromatic nitrogens is 1. The molecule has 1 aromatic carbocycles. The van der Waals surface area contributed by atoms with Crippen LogP contribution in [0.25, 0.3) is 0 Å². The van der Waals surface area contributed by atoms with E-state index in [1.807, 2.05) is 0 Å². The van der Waals surface area contributed by atoms with Gasteiger partial charge in [-0.1, -0.05) is 23.7 Å². The average Bonchev–Trinajstić information content (AvgIpc) is 2.41. The maximum absolute atomic E-state index is 12.5. The fourth-order valence-corrected chi connectivity index (χ4v) is 2.08. The number of hydrogen-bond acceptors (Lipinski definition) is 3. The van der Waals surface area contributed by atoms with Gasteiger partial charge in [0.15, 0.2) is 0 Å². The molecule has 7 heteroatoms. The van der Waals surface area contributed by atoms with Crippen molar-refractivity contribution in [2.45, 2.75) is 12.2 Å². The fraction of sp³-hybridized carbons (Fsp3) is 0.154. The first kappa shape index (κ1) is 14.8. The van der Waals surface area contributed by atoms with Crippen molar-refractivity contribution in [3.05, 3.63) is 64.4 Å². The Hall–Kier alpha value is -1.63. The molecule has 0 fully saturated rings. The van der Waals surface area contributed by atoms with Gasteiger partial charge in [0.25, 0.3) is 0 Å². The molecule has 3 nitrogen and oxygen atoms in total. The van der Waals surface area contributed by atoms with Crippen molar-refractivity contribution in [1.29, 1.82) is 0 Å². The summed E-state index contributed by atoms with van der Waals surface area (Å²) < 4.78 is 37.6. The summed E-state index contributed by atoms with van der Waals surface area (Å²) in [5, 5.41) is 0.385. The first-order valence-electron chi connectivity index (χ1n) is 5.66. The Morgan fingerprint density at radius 2 is 1.80 bits per heavy atom. The smallest absolute Gasteiger partial charge is 0.271 e. The molecule has 3 N–H and O–H groups in total. The maximum Gasteiger partial charge on any atom is 0.416 e. The van der Waals surface area contributed by atoms with Crippen LogP contribution < -0.4 is 11.3 Å². The zero-order valence-corrected chi connectivity index (χ0v) is 10.9. The molecule has 0 aliphatic rings. The molecule has 1 unspecified atom stereocenters. The largest absolute Gasteiger partial charge is 0.416 e. The van der Waals surface area contributed by atoms with Crippen molar-refractivity contribution in [3.63, 3.8) is 0 Å². The summed E-state index contributed by atoms with van der Waals surface area (Å²) in [6.07, 6.45) is -1.38. The minimum Gasteiger partial charge on any atom is -0.271 e. The topological polar surface area (TPSA) is 50.9 Å². The maximum atomic E-state index is 12.5. The van der Waals surface area contributed by atoms with Gasteiger partial charge in [-0.25, -0.2) is 5.43 Å². The molecule has 0 radical (unpaired) electrons. The van der Waals surface area contributed by atoms with E-state index in [1.165, 1.54) is 24.5 Å². The molecule has 0 spiro atoms. The highest BCUT2D eigenvalue weighted by molar-refractivity contribution is 6.31. The fourth-order valence-electron chi connectivity index (χ4n) is 1.85. The SMILES string of the molecule is NNC(c1ccc(C(F)(F)F)cc1)c1ccncc1Cl. The van der Waals surface area contributed by atoms with Crippen molar-refractivity contribution in [3.8, 4) is 0 Å². The Morgan fingerprint density at radius 1 is 1.15 bits per heavy atom. The second-order valence-electron chi connectivity index (χ2n) is 4.12. The van der Waals surface area contributed by atoms with Gasteiger partial charge in [0.2, 0.25) is 0 Å². The third-order valence-electron chi connectivity index (χ3n) is 2.85. The minimum atomic E-state index is -4.36. The van der Waals surface area contributed by atoms with E-state index >= 15 is 0 Å². The second-order valence-corrected chi connectivity index (χ2v) is 4.52. The van der Waals surface area contributed by atoms with Gasteiger partial charge in [0.05, 0.1) is 16.6 Å². The third-order valence-corrected chi connectivity index (χ3v) is 3.17. The van der Waals surface area contributed by atoms with Gasteiger partial charge in [0, 0.05) is 12.4 Å². The Labute approximate surface area is 118 Å². The van der Waals surface area contributed by atoms with Gasteiger partial charge in [0.1, 0.15) is 0 Å². The van der Waals surface area contributed by atoms with Gasteiger partial charge in [-0.3, -0.25) is 10.8 Å². The Balaban J connectivity index is 2.36. The van der Waals surface area contributed by atoms with Crippen molar-refractivity contribution >= 4 is 11.6 Å². The van der Waals surface area contributed by atoms with E-state index in [1.54, 1.807) is 6.07 Å². The van der Waals surface area contributed by atoms with Crippen LogP contribution in [0.1, 0.15) is 22.7 Å². The summed E-state index contributed by atoms with van der Waals surface area (Å²) in [5.74, 6) is 5.48. The molecule has 0 saturated carbocycles. The van der Waals surface area contributed by atoms with Gasteiger partial charge >= 0.3 is 6.18 Å². The number of pyridine rings is 1. The lowest BCUT2D eigenvalue weighted by atomic mass is 9.99. The predicted molar refractivity (Wildman–Crippen MR) is 69.9 cm³/mol. The lowest BCUT2D eigenvalue weighted by molar-refractivity contribution is -0.137. The number of nitrogens with one attached hydrogen (secondary N) is 1. The van der Waals surface area contributed by atoms with Crippen LogP contribution in [0.4, 0.5) is 13.2 Å². The summed E-state index contributed by atoms with van der Waals surface area (Å²) in [4.78, 5) is 3.85. The molecular formula is C13H11ClF3N3. The van der Waals surface area contributed by atoms with E-state index in [-0.39, 0.29) is 0 Å². The van der Waals surface area contributed by atoms with Crippen LogP contribution in [0, 0.1) is 0 Å². The summed E-state index contributed by atoms with van der Waals surface area (Å²) in [6, 6.07) is 5.90. The number of hydrogen-bond donors (Lipinski definition) is 2. The van der Waals surface area contributed by atoms with Crippen molar-refractivity contribution < 1.29 is 13.2 Å². The Bertz CT molecular complexity index is 584. The van der Waals surface area contributed by atoms with Crippen LogP contribution in [0.15, 0.2) is 42.7 Å². The molecule has 0 amide bonds. The van der Waals surface area contributed by atoms with E-state index in [0.29, 0.717) is 16.1 Å². The monoisotopic (exact) mass is 301 g/mol. The number of halogens is 4. The standard InChI is InChI=1S/C13H11ClF3N3/c14-11-7-19-6-5-10(11)12(20-18)8-1-3-9(4-2-8)13(15,16)17/h1-7,12,20H,18H2. The summed E-state index contributed by atoms with van der Waals surface area (Å²) in [5.41, 5.74) is 3.05. The first-order valence-corrected chi connectivity index (χ1v) is 6.04. The highest BCUT2D eigenvalue weighted by atomic mass is 35.5. The molecule has 20 heavy (non-hydrogen) atoms. The number of rotatable bonds is 3. The van der Waals surface area contributed by atoms with E-state index in [0.717, 1.165) is 12.1 Å². The lowest BCUT2D eigenvalue weighted by Gasteiger charge is -2.18. The van der Waals surface area contributed by atoms with Gasteiger partial charge in [-0.05, 0) is 29.3 Å². The molecule has 1 heterocycles. The zero-order chi connectivity index (χ0) is 14.8. The van der Waals surface area contributed by atoms with Crippen LogP contribution in [0.3, 0.4) is 0 Å². The van der Waals surface area contributed by atoms with Crippen LogP contribution in [0.2, 0.25) is 5.02 Å². The summed E-state index contributed by atoms with van der Waals surface area (Å²) in [7, 11) is 0. The first-order chi connectivity index (χ1) is 9.43. The predicted octanol–water partition coefficient (Wildman–Crippen LogP) is 3.31. The summed E-state index contributed by atoms with van der Waals surface area (Å²) >= 11 is 6.01. The molecular weight excluding hydrogens is 291 g/mol. The molecule has 0 bridgehead atoms. The molecule has 0 aliphatic carbocycles. The number of nitrogens with two attached hydrogens (primary N) is 1. The molecule has 2 rings (SSSR count). The number of hydrazine groups is 1. The molecule has 2 aromatic rings. The molecule has 0 aliphatic heterocycles.